The number of cyclic esters (lactones) is 1. The number of piperidine rings is 1. The molecule has 1 aromatic carbocycles. The van der Waals surface area contributed by atoms with Gasteiger partial charge in [-0.1, -0.05) is 69.7 Å². The van der Waals surface area contributed by atoms with Gasteiger partial charge in [-0.15, -0.1) is 0 Å². The molecule has 1 aromatic rings. The second kappa shape index (κ2) is 27.0. The number of alkyl halides is 3. The number of carbonyl (C=O) groups is 4. The largest absolute Gasteiger partial charge is 0.461 e. The van der Waals surface area contributed by atoms with Crippen LogP contribution >= 0.6 is 0 Å². The maximum atomic E-state index is 14.5. The van der Waals surface area contributed by atoms with Crippen LogP contribution in [0.1, 0.15) is 131 Å². The number of aliphatic hydroxyl groups is 3. The van der Waals surface area contributed by atoms with E-state index in [1.54, 1.807) is 40.0 Å². The summed E-state index contributed by atoms with van der Waals surface area (Å²) < 4.78 is 64.3. The average Bonchev–Trinajstić information content (AvgIpc) is 3.35. The van der Waals surface area contributed by atoms with Gasteiger partial charge in [0.1, 0.15) is 24.4 Å². The van der Waals surface area contributed by atoms with Gasteiger partial charge in [0.15, 0.2) is 5.78 Å². The lowest BCUT2D eigenvalue weighted by molar-refractivity contribution is -0.263. The Labute approximate surface area is 430 Å². The van der Waals surface area contributed by atoms with Gasteiger partial charge in [0.05, 0.1) is 23.9 Å². The van der Waals surface area contributed by atoms with Gasteiger partial charge in [0, 0.05) is 50.4 Å². The summed E-state index contributed by atoms with van der Waals surface area (Å²) in [5, 5.41) is 37.5. The first-order valence-corrected chi connectivity index (χ1v) is 26.3. The van der Waals surface area contributed by atoms with Crippen molar-refractivity contribution in [1.82, 2.24) is 4.90 Å². The molecule has 408 valence electrons. The van der Waals surface area contributed by atoms with Crippen LogP contribution in [-0.4, -0.2) is 125 Å². The van der Waals surface area contributed by atoms with Crippen LogP contribution in [0.5, 0.6) is 0 Å². The third kappa shape index (κ3) is 16.1. The molecule has 0 radical (unpaired) electrons. The van der Waals surface area contributed by atoms with Gasteiger partial charge in [-0.2, -0.15) is 13.2 Å². The highest BCUT2D eigenvalue weighted by molar-refractivity contribution is 6.39. The lowest BCUT2D eigenvalue weighted by Gasteiger charge is -2.43. The Morgan fingerprint density at radius 3 is 2.26 bits per heavy atom. The monoisotopic (exact) mass is 1030 g/mol. The van der Waals surface area contributed by atoms with Crippen LogP contribution in [0.4, 0.5) is 18.9 Å². The number of ether oxygens (including phenoxy) is 4. The molecule has 5 rings (SSSR count). The summed E-state index contributed by atoms with van der Waals surface area (Å²) in [7, 11) is 2.95. The molecule has 0 aromatic heterocycles. The Morgan fingerprint density at radius 1 is 0.877 bits per heavy atom. The topological polar surface area (TPSA) is 207 Å². The van der Waals surface area contributed by atoms with Crippen LogP contribution in [0.3, 0.4) is 0 Å². The fourth-order valence-electron chi connectivity index (χ4n) is 11.0. The normalized spacial score (nSPS) is 37.4. The lowest BCUT2D eigenvalue weighted by Crippen LogP contribution is -2.61. The van der Waals surface area contributed by atoms with Gasteiger partial charge in [-0.05, 0) is 145 Å². The predicted molar refractivity (Wildman–Crippen MR) is 272 cm³/mol. The molecule has 4 aliphatic rings. The number of amides is 1. The van der Waals surface area contributed by atoms with Crippen LogP contribution in [0.2, 0.25) is 0 Å². The van der Waals surface area contributed by atoms with E-state index in [9.17, 15) is 47.7 Å². The molecule has 17 heteroatoms. The number of methoxy groups -OCH3 is 2. The SMILES string of the molecule is COC1CC(C[C@@H](C)[C@@H]2CC[C@H](N)/C=C(\C)C(O)[C@@H](OC)C(=O)C(C)C[C@H](C)/C=C/C=C/C=C(\C)[C@H](Nc3ccc(C(F)(F)F)cc3)CC3CCC(C)C(O)(O3)C(=O)C(=O)N3CCCCC3C(=O)O2)CC[C@H]1O. The minimum Gasteiger partial charge on any atom is -0.461 e. The van der Waals surface area contributed by atoms with Crippen LogP contribution in [-0.2, 0) is 44.3 Å². The molecule has 1 aliphatic carbocycles. The molecule has 3 aliphatic heterocycles. The summed E-state index contributed by atoms with van der Waals surface area (Å²) in [6, 6.07) is 2.30. The lowest BCUT2D eigenvalue weighted by atomic mass is 9.78. The molecule has 0 spiro atoms. The zero-order valence-corrected chi connectivity index (χ0v) is 44.0. The number of nitrogens with two attached hydrogens (primary N) is 1. The Bertz CT molecular complexity index is 2130. The number of carbonyl (C=O) groups excluding carboxylic acids is 4. The van der Waals surface area contributed by atoms with E-state index in [4.69, 9.17) is 24.7 Å². The van der Waals surface area contributed by atoms with E-state index in [-0.39, 0.29) is 49.0 Å². The van der Waals surface area contributed by atoms with Crippen LogP contribution < -0.4 is 11.1 Å². The average molecular weight is 1030 g/mol. The number of benzene rings is 1. The molecule has 15 atom stereocenters. The van der Waals surface area contributed by atoms with Crippen molar-refractivity contribution in [2.45, 2.75) is 192 Å². The first-order valence-electron chi connectivity index (χ1n) is 26.3. The number of esters is 1. The molecule has 8 unspecified atom stereocenters. The molecule has 6 N–H and O–H groups in total. The summed E-state index contributed by atoms with van der Waals surface area (Å²) >= 11 is 0. The van der Waals surface area contributed by atoms with Gasteiger partial charge in [0.2, 0.25) is 5.79 Å². The zero-order valence-electron chi connectivity index (χ0n) is 44.0. The zero-order chi connectivity index (χ0) is 53.8. The Hall–Kier alpha value is -4.23. The molecule has 73 heavy (non-hydrogen) atoms. The first kappa shape index (κ1) is 59.6. The van der Waals surface area contributed by atoms with E-state index < -0.39 is 95.7 Å². The molecule has 2 bridgehead atoms. The molecule has 2 saturated heterocycles. The van der Waals surface area contributed by atoms with Gasteiger partial charge >= 0.3 is 12.1 Å². The minimum atomic E-state index is -4.53. The van der Waals surface area contributed by atoms with Gasteiger partial charge in [0.25, 0.3) is 11.7 Å². The number of hydrogen-bond donors (Lipinski definition) is 5. The van der Waals surface area contributed by atoms with Crippen molar-refractivity contribution in [1.29, 1.82) is 0 Å². The van der Waals surface area contributed by atoms with E-state index in [2.05, 4.69) is 5.32 Å². The number of ketones is 2. The third-order valence-electron chi connectivity index (χ3n) is 15.6. The Balaban J connectivity index is 1.49. The number of halogens is 3. The first-order chi connectivity index (χ1) is 34.5. The number of Topliss-reactive ketones (excluding diaryl/α,β-unsaturated/α-hetero) is 2. The van der Waals surface area contributed by atoms with E-state index >= 15 is 0 Å². The fraction of sp³-hybridized carbons (Fsp3) is 0.679. The smallest absolute Gasteiger partial charge is 0.416 e. The number of aliphatic hydroxyl groups excluding tert-OH is 2. The maximum Gasteiger partial charge on any atom is 0.416 e. The Kier molecular flexibility index (Phi) is 22.1. The third-order valence-corrected chi connectivity index (χ3v) is 15.6. The van der Waals surface area contributed by atoms with Crippen molar-refractivity contribution in [2.24, 2.45) is 35.3 Å². The number of allylic oxidation sites excluding steroid dienone is 5. The molecule has 3 fully saturated rings. The highest BCUT2D eigenvalue weighted by Crippen LogP contribution is 2.38. The number of rotatable bonds is 7. The Morgan fingerprint density at radius 2 is 1.59 bits per heavy atom. The molecule has 1 saturated carbocycles. The predicted octanol–water partition coefficient (Wildman–Crippen LogP) is 8.18. The van der Waals surface area contributed by atoms with E-state index in [1.807, 2.05) is 45.1 Å². The van der Waals surface area contributed by atoms with Gasteiger partial charge in [-0.3, -0.25) is 14.4 Å². The van der Waals surface area contributed by atoms with E-state index in [1.165, 1.54) is 24.1 Å². The van der Waals surface area contributed by atoms with Crippen molar-refractivity contribution >= 4 is 29.1 Å². The highest BCUT2D eigenvalue weighted by Gasteiger charge is 2.53. The van der Waals surface area contributed by atoms with Crippen LogP contribution in [0.25, 0.3) is 0 Å². The summed E-state index contributed by atoms with van der Waals surface area (Å²) in [5.41, 5.74) is 7.47. The van der Waals surface area contributed by atoms with Crippen molar-refractivity contribution in [3.05, 3.63) is 77.4 Å². The summed E-state index contributed by atoms with van der Waals surface area (Å²) in [5.74, 6) is -7.14. The highest BCUT2D eigenvalue weighted by atomic mass is 19.4. The van der Waals surface area contributed by atoms with Crippen LogP contribution in [0.15, 0.2) is 71.9 Å². The summed E-state index contributed by atoms with van der Waals surface area (Å²) in [6.45, 7) is 11.0. The van der Waals surface area contributed by atoms with Gasteiger partial charge < -0.3 is 50.2 Å². The fourth-order valence-corrected chi connectivity index (χ4v) is 11.0. The number of nitrogens with zero attached hydrogens (tertiary/aromatic N) is 1. The number of anilines is 1. The van der Waals surface area contributed by atoms with Crippen molar-refractivity contribution < 1.29 is 66.6 Å². The second-order valence-electron chi connectivity index (χ2n) is 21.4. The van der Waals surface area contributed by atoms with Crippen molar-refractivity contribution in [3.63, 3.8) is 0 Å². The maximum absolute atomic E-state index is 14.5. The number of nitrogens with one attached hydrogen (secondary N) is 1. The molecular formula is C56H82F3N3O11. The van der Waals surface area contributed by atoms with Gasteiger partial charge in [-0.25, -0.2) is 4.79 Å². The van der Waals surface area contributed by atoms with E-state index in [0.29, 0.717) is 75.5 Å². The quantitative estimate of drug-likeness (QED) is 0.0994. The summed E-state index contributed by atoms with van der Waals surface area (Å²) in [6.07, 6.45) is 7.42. The molecule has 14 nitrogen and oxygen atoms in total. The standard InChI is InChI=1S/C56H82F3N3O11/c1-33-14-10-9-11-15-34(2)44(61-42-22-19-40(20-23-42)56(57,58)59)32-43-24-17-38(6)55(69,73-43)52(66)53(67)62-27-13-12-16-45(62)54(68)72-47(35(3)29-39-18-25-46(63)48(31-39)70-7)26-21-41(60)30-37(5)50(65)51(71-8)49(64)36(4)28-33/h9-11,14-15,19-20,22-23,30,33,35-36,38-39,41,43-48,50-51,61,63,65,69H,12-13,16-18,21,24-29,31-32,60H2,1-8H3/b11-9+,14-10+,34-15+,37-30+/t33-,35-,36?,38?,39?,41+,43?,44-,45?,46-,47+,48?,50?,51+,55?/m1/s1. The molecule has 3 heterocycles. The number of hydrogen-bond acceptors (Lipinski definition) is 13. The van der Waals surface area contributed by atoms with Crippen molar-refractivity contribution in [2.75, 3.05) is 26.1 Å². The number of fused-ring (bicyclic) bond motifs is 3. The van der Waals surface area contributed by atoms with E-state index in [0.717, 1.165) is 24.1 Å². The second-order valence-corrected chi connectivity index (χ2v) is 21.4. The molecule has 1 amide bonds. The van der Waals surface area contributed by atoms with Crippen LogP contribution in [0, 0.1) is 29.6 Å². The van der Waals surface area contributed by atoms with Crippen molar-refractivity contribution in [3.8, 4) is 0 Å². The summed E-state index contributed by atoms with van der Waals surface area (Å²) in [4.78, 5) is 58.3. The minimum absolute atomic E-state index is 0.0472. The molecular weight excluding hydrogens is 948 g/mol.